The van der Waals surface area contributed by atoms with Crippen LogP contribution in [-0.2, 0) is 4.79 Å². The van der Waals surface area contributed by atoms with E-state index in [1.165, 1.54) is 6.26 Å². The van der Waals surface area contributed by atoms with Crippen molar-refractivity contribution < 1.29 is 14.0 Å². The molecule has 0 atom stereocenters. The monoisotopic (exact) mass is 330 g/mol. The van der Waals surface area contributed by atoms with E-state index in [-0.39, 0.29) is 11.8 Å². The van der Waals surface area contributed by atoms with Gasteiger partial charge in [-0.2, -0.15) is 0 Å². The van der Waals surface area contributed by atoms with Crippen LogP contribution in [-0.4, -0.2) is 47.8 Å². The highest BCUT2D eigenvalue weighted by Gasteiger charge is 2.26. The Morgan fingerprint density at radius 1 is 1.13 bits per heavy atom. The van der Waals surface area contributed by atoms with Crippen molar-refractivity contribution in [2.75, 3.05) is 26.2 Å². The smallest absolute Gasteiger partial charge is 0.289 e. The first-order chi connectivity index (χ1) is 11.1. The Hall–Kier alpha value is -2.34. The molecule has 2 amide bonds. The van der Waals surface area contributed by atoms with E-state index in [1.54, 1.807) is 33.3 Å². The number of hydrogen-bond donors (Lipinski definition) is 0. The maximum Gasteiger partial charge on any atom is 0.289 e. The number of rotatable bonds is 3. The minimum atomic E-state index is -0.118. The fraction of sp³-hybridized carbons (Fsp3) is 0.294. The molecule has 3 heterocycles. The van der Waals surface area contributed by atoms with Gasteiger partial charge >= 0.3 is 0 Å². The standard InChI is InChI=1S/C17H18N2O3S/c1-13(12-14-4-3-11-23-14)16(20)18-6-8-19(9-7-18)17(21)15-5-2-10-22-15/h2-5,10-12H,6-9H2,1H3/b13-12+. The molecule has 0 unspecified atom stereocenters. The largest absolute Gasteiger partial charge is 0.459 e. The summed E-state index contributed by atoms with van der Waals surface area (Å²) >= 11 is 1.61. The molecule has 1 aliphatic rings. The van der Waals surface area contributed by atoms with E-state index in [4.69, 9.17) is 4.42 Å². The van der Waals surface area contributed by atoms with E-state index in [0.717, 1.165) is 10.5 Å². The van der Waals surface area contributed by atoms with Crippen molar-refractivity contribution in [2.45, 2.75) is 6.92 Å². The van der Waals surface area contributed by atoms with E-state index in [0.29, 0.717) is 31.9 Å². The highest BCUT2D eigenvalue weighted by Crippen LogP contribution is 2.16. The van der Waals surface area contributed by atoms with Crippen LogP contribution in [0.5, 0.6) is 0 Å². The molecule has 0 saturated carbocycles. The minimum absolute atomic E-state index is 0.0310. The third-order valence-corrected chi connectivity index (χ3v) is 4.64. The average Bonchev–Trinajstić information content (AvgIpc) is 3.27. The molecule has 0 radical (unpaired) electrons. The Bertz CT molecular complexity index is 696. The number of furan rings is 1. The van der Waals surface area contributed by atoms with Crippen molar-refractivity contribution in [1.29, 1.82) is 0 Å². The van der Waals surface area contributed by atoms with Crippen LogP contribution in [0.2, 0.25) is 0 Å². The first-order valence-electron chi connectivity index (χ1n) is 7.49. The molecule has 1 fully saturated rings. The minimum Gasteiger partial charge on any atom is -0.459 e. The molecule has 0 N–H and O–H groups in total. The third-order valence-electron chi connectivity index (χ3n) is 3.83. The van der Waals surface area contributed by atoms with Crippen molar-refractivity contribution in [1.82, 2.24) is 9.80 Å². The molecule has 3 rings (SSSR count). The van der Waals surface area contributed by atoms with Gasteiger partial charge in [-0.15, -0.1) is 11.3 Å². The van der Waals surface area contributed by atoms with Crippen LogP contribution in [0.25, 0.3) is 6.08 Å². The lowest BCUT2D eigenvalue weighted by Crippen LogP contribution is -2.50. The molecule has 0 aromatic carbocycles. The van der Waals surface area contributed by atoms with E-state index >= 15 is 0 Å². The number of nitrogens with zero attached hydrogens (tertiary/aromatic N) is 2. The van der Waals surface area contributed by atoms with Gasteiger partial charge in [0.25, 0.3) is 5.91 Å². The van der Waals surface area contributed by atoms with Crippen LogP contribution in [0.1, 0.15) is 22.4 Å². The highest BCUT2D eigenvalue weighted by molar-refractivity contribution is 7.10. The van der Waals surface area contributed by atoms with Gasteiger partial charge in [0.15, 0.2) is 5.76 Å². The first-order valence-corrected chi connectivity index (χ1v) is 8.37. The summed E-state index contributed by atoms with van der Waals surface area (Å²) in [6, 6.07) is 7.31. The Kier molecular flexibility index (Phi) is 4.62. The molecule has 23 heavy (non-hydrogen) atoms. The summed E-state index contributed by atoms with van der Waals surface area (Å²) in [4.78, 5) is 29.3. The van der Waals surface area contributed by atoms with Gasteiger partial charge in [0.05, 0.1) is 6.26 Å². The number of thiophene rings is 1. The van der Waals surface area contributed by atoms with Crippen molar-refractivity contribution >= 4 is 29.2 Å². The quantitative estimate of drug-likeness (QED) is 0.813. The third kappa shape index (κ3) is 3.53. The zero-order valence-electron chi connectivity index (χ0n) is 12.9. The molecule has 120 valence electrons. The fourth-order valence-electron chi connectivity index (χ4n) is 2.57. The summed E-state index contributed by atoms with van der Waals surface area (Å²) < 4.78 is 5.14. The van der Waals surface area contributed by atoms with Crippen LogP contribution in [0.4, 0.5) is 0 Å². The molecule has 2 aromatic heterocycles. The normalized spacial score (nSPS) is 15.8. The van der Waals surface area contributed by atoms with E-state index in [1.807, 2.05) is 30.5 Å². The fourth-order valence-corrected chi connectivity index (χ4v) is 3.28. The molecule has 1 saturated heterocycles. The van der Waals surface area contributed by atoms with Gasteiger partial charge in [0.1, 0.15) is 0 Å². The topological polar surface area (TPSA) is 53.8 Å². The number of hydrogen-bond acceptors (Lipinski definition) is 4. The molecule has 1 aliphatic heterocycles. The summed E-state index contributed by atoms with van der Waals surface area (Å²) in [7, 11) is 0. The second kappa shape index (κ2) is 6.83. The van der Waals surface area contributed by atoms with Crippen molar-refractivity contribution in [2.24, 2.45) is 0 Å². The van der Waals surface area contributed by atoms with Crippen molar-refractivity contribution in [3.63, 3.8) is 0 Å². The lowest BCUT2D eigenvalue weighted by molar-refractivity contribution is -0.128. The summed E-state index contributed by atoms with van der Waals surface area (Å²) in [5.41, 5.74) is 0.721. The Labute approximate surface area is 138 Å². The zero-order valence-corrected chi connectivity index (χ0v) is 13.7. The molecular weight excluding hydrogens is 312 g/mol. The second-order valence-electron chi connectivity index (χ2n) is 5.40. The van der Waals surface area contributed by atoms with Gasteiger partial charge in [0.2, 0.25) is 5.91 Å². The number of piperazine rings is 1. The van der Waals surface area contributed by atoms with Gasteiger partial charge in [-0.05, 0) is 36.6 Å². The second-order valence-corrected chi connectivity index (χ2v) is 6.38. The van der Waals surface area contributed by atoms with Crippen molar-refractivity contribution in [3.8, 4) is 0 Å². The van der Waals surface area contributed by atoms with Crippen LogP contribution in [0, 0.1) is 0 Å². The molecule has 0 aliphatic carbocycles. The highest BCUT2D eigenvalue weighted by atomic mass is 32.1. The maximum absolute atomic E-state index is 12.5. The van der Waals surface area contributed by atoms with E-state index in [9.17, 15) is 9.59 Å². The molecule has 0 spiro atoms. The Balaban J connectivity index is 1.58. The summed E-state index contributed by atoms with van der Waals surface area (Å²) in [5.74, 6) is 0.259. The molecule has 0 bridgehead atoms. The maximum atomic E-state index is 12.5. The van der Waals surface area contributed by atoms with Gasteiger partial charge in [-0.25, -0.2) is 0 Å². The predicted octanol–water partition coefficient (Wildman–Crippen LogP) is 2.73. The number of carbonyl (C=O) groups is 2. The lowest BCUT2D eigenvalue weighted by atomic mass is 10.2. The summed E-state index contributed by atoms with van der Waals surface area (Å²) in [6.45, 7) is 3.97. The zero-order chi connectivity index (χ0) is 16.2. The summed E-state index contributed by atoms with van der Waals surface area (Å²) in [5, 5.41) is 1.99. The predicted molar refractivity (Wildman–Crippen MR) is 89.2 cm³/mol. The van der Waals surface area contributed by atoms with Crippen LogP contribution < -0.4 is 0 Å². The Morgan fingerprint density at radius 3 is 2.48 bits per heavy atom. The van der Waals surface area contributed by atoms with Gasteiger partial charge < -0.3 is 14.2 Å². The number of carbonyl (C=O) groups excluding carboxylic acids is 2. The van der Waals surface area contributed by atoms with Crippen LogP contribution in [0.3, 0.4) is 0 Å². The number of amides is 2. The van der Waals surface area contributed by atoms with Gasteiger partial charge in [0, 0.05) is 36.6 Å². The van der Waals surface area contributed by atoms with E-state index < -0.39 is 0 Å². The molecular formula is C17H18N2O3S. The Morgan fingerprint density at radius 2 is 1.87 bits per heavy atom. The molecule has 2 aromatic rings. The molecule has 5 nitrogen and oxygen atoms in total. The lowest BCUT2D eigenvalue weighted by Gasteiger charge is -2.34. The van der Waals surface area contributed by atoms with Gasteiger partial charge in [-0.3, -0.25) is 9.59 Å². The first kappa shape index (κ1) is 15.6. The molecule has 6 heteroatoms. The van der Waals surface area contributed by atoms with Crippen molar-refractivity contribution in [3.05, 3.63) is 52.1 Å². The van der Waals surface area contributed by atoms with Crippen LogP contribution in [0.15, 0.2) is 45.9 Å². The van der Waals surface area contributed by atoms with Crippen LogP contribution >= 0.6 is 11.3 Å². The van der Waals surface area contributed by atoms with Gasteiger partial charge in [-0.1, -0.05) is 6.07 Å². The average molecular weight is 330 g/mol. The summed E-state index contributed by atoms with van der Waals surface area (Å²) in [6.07, 6.45) is 3.40. The SMILES string of the molecule is C/C(=C\c1cccs1)C(=O)N1CCN(C(=O)c2ccco2)CC1. The van der Waals surface area contributed by atoms with E-state index in [2.05, 4.69) is 0 Å².